The summed E-state index contributed by atoms with van der Waals surface area (Å²) in [5.41, 5.74) is 1.14. The van der Waals surface area contributed by atoms with E-state index in [9.17, 15) is 4.79 Å². The topological polar surface area (TPSA) is 47.6 Å². The number of methoxy groups -OCH3 is 1. The van der Waals surface area contributed by atoms with Crippen molar-refractivity contribution in [3.63, 3.8) is 0 Å². The molecule has 18 heavy (non-hydrogen) atoms. The number of carbonyl (C=O) groups excluding carboxylic acids is 1. The molecule has 0 heterocycles. The molecule has 0 aromatic heterocycles. The van der Waals surface area contributed by atoms with Crippen molar-refractivity contribution in [1.29, 1.82) is 0 Å². The molecule has 0 fully saturated rings. The first-order valence-corrected chi connectivity index (χ1v) is 6.18. The lowest BCUT2D eigenvalue weighted by atomic mass is 10.0. The molecule has 0 amide bonds. The Bertz CT molecular complexity index is 362. The van der Waals surface area contributed by atoms with E-state index in [0.29, 0.717) is 13.0 Å². The van der Waals surface area contributed by atoms with Crippen LogP contribution in [0.15, 0.2) is 24.3 Å². The van der Waals surface area contributed by atoms with Crippen molar-refractivity contribution in [1.82, 2.24) is 5.32 Å². The Morgan fingerprint density at radius 3 is 2.50 bits per heavy atom. The van der Waals surface area contributed by atoms with Crippen molar-refractivity contribution in [3.05, 3.63) is 29.8 Å². The SMILES string of the molecule is CCOc1ccc(C(CCC(=O)OC)NC)cc1. The van der Waals surface area contributed by atoms with E-state index in [1.807, 2.05) is 38.2 Å². The quantitative estimate of drug-likeness (QED) is 0.755. The largest absolute Gasteiger partial charge is 0.494 e. The molecule has 1 unspecified atom stereocenters. The molecule has 0 spiro atoms. The maximum Gasteiger partial charge on any atom is 0.305 e. The number of carbonyl (C=O) groups is 1. The zero-order valence-corrected chi connectivity index (χ0v) is 11.2. The van der Waals surface area contributed by atoms with E-state index < -0.39 is 0 Å². The van der Waals surface area contributed by atoms with E-state index in [1.165, 1.54) is 7.11 Å². The molecule has 0 aliphatic heterocycles. The number of hydrogen-bond donors (Lipinski definition) is 1. The van der Waals surface area contributed by atoms with E-state index in [1.54, 1.807) is 0 Å². The Morgan fingerprint density at radius 1 is 1.33 bits per heavy atom. The Labute approximate surface area is 108 Å². The fourth-order valence-corrected chi connectivity index (χ4v) is 1.80. The minimum atomic E-state index is -0.179. The van der Waals surface area contributed by atoms with Crippen molar-refractivity contribution < 1.29 is 14.3 Å². The van der Waals surface area contributed by atoms with Gasteiger partial charge in [-0.3, -0.25) is 4.79 Å². The first-order chi connectivity index (χ1) is 8.71. The number of nitrogens with one attached hydrogen (secondary N) is 1. The van der Waals surface area contributed by atoms with Gasteiger partial charge < -0.3 is 14.8 Å². The van der Waals surface area contributed by atoms with Gasteiger partial charge in [-0.1, -0.05) is 12.1 Å². The van der Waals surface area contributed by atoms with Gasteiger partial charge in [0, 0.05) is 12.5 Å². The molecule has 0 bridgehead atoms. The molecule has 1 atom stereocenters. The molecule has 1 N–H and O–H groups in total. The minimum Gasteiger partial charge on any atom is -0.494 e. The van der Waals surface area contributed by atoms with Crippen molar-refractivity contribution in [2.24, 2.45) is 0 Å². The third-order valence-electron chi connectivity index (χ3n) is 2.81. The van der Waals surface area contributed by atoms with Gasteiger partial charge in [-0.05, 0) is 38.1 Å². The number of benzene rings is 1. The second-order valence-electron chi connectivity index (χ2n) is 3.96. The van der Waals surface area contributed by atoms with Gasteiger partial charge >= 0.3 is 5.97 Å². The highest BCUT2D eigenvalue weighted by Gasteiger charge is 2.11. The highest BCUT2D eigenvalue weighted by atomic mass is 16.5. The molecule has 0 aliphatic rings. The van der Waals surface area contributed by atoms with Gasteiger partial charge in [0.2, 0.25) is 0 Å². The first kappa shape index (κ1) is 14.5. The van der Waals surface area contributed by atoms with Crippen LogP contribution in [0.4, 0.5) is 0 Å². The van der Waals surface area contributed by atoms with Crippen LogP contribution >= 0.6 is 0 Å². The lowest BCUT2D eigenvalue weighted by Crippen LogP contribution is -2.17. The molecular formula is C14H21NO3. The molecule has 1 aromatic carbocycles. The van der Waals surface area contributed by atoms with Crippen LogP contribution in [0.5, 0.6) is 5.75 Å². The summed E-state index contributed by atoms with van der Waals surface area (Å²) >= 11 is 0. The van der Waals surface area contributed by atoms with Crippen LogP contribution in [-0.2, 0) is 9.53 Å². The molecule has 0 saturated heterocycles. The van der Waals surface area contributed by atoms with E-state index in [4.69, 9.17) is 4.74 Å². The Morgan fingerprint density at radius 2 is 2.00 bits per heavy atom. The van der Waals surface area contributed by atoms with Crippen LogP contribution in [-0.4, -0.2) is 26.7 Å². The summed E-state index contributed by atoms with van der Waals surface area (Å²) in [5.74, 6) is 0.685. The van der Waals surface area contributed by atoms with E-state index in [2.05, 4.69) is 10.1 Å². The molecule has 0 aliphatic carbocycles. The summed E-state index contributed by atoms with van der Waals surface area (Å²) in [6, 6.07) is 8.08. The summed E-state index contributed by atoms with van der Waals surface area (Å²) in [6.45, 7) is 2.62. The highest BCUT2D eigenvalue weighted by Crippen LogP contribution is 2.21. The van der Waals surface area contributed by atoms with Gasteiger partial charge in [-0.2, -0.15) is 0 Å². The van der Waals surface area contributed by atoms with Crippen LogP contribution in [0.1, 0.15) is 31.4 Å². The monoisotopic (exact) mass is 251 g/mol. The number of rotatable bonds is 7. The standard InChI is InChI=1S/C14H21NO3/c1-4-18-12-7-5-11(6-8-12)13(15-2)9-10-14(16)17-3/h5-8,13,15H,4,9-10H2,1-3H3. The van der Waals surface area contributed by atoms with Crippen molar-refractivity contribution in [2.75, 3.05) is 20.8 Å². The molecular weight excluding hydrogens is 230 g/mol. The van der Waals surface area contributed by atoms with E-state index >= 15 is 0 Å². The van der Waals surface area contributed by atoms with Gasteiger partial charge in [0.25, 0.3) is 0 Å². The van der Waals surface area contributed by atoms with Gasteiger partial charge in [-0.15, -0.1) is 0 Å². The predicted molar refractivity (Wildman–Crippen MR) is 70.7 cm³/mol. The third-order valence-corrected chi connectivity index (χ3v) is 2.81. The van der Waals surface area contributed by atoms with Crippen LogP contribution in [0.2, 0.25) is 0 Å². The Kier molecular flexibility index (Phi) is 6.22. The Balaban J connectivity index is 2.61. The summed E-state index contributed by atoms with van der Waals surface area (Å²) in [4.78, 5) is 11.1. The third kappa shape index (κ3) is 4.37. The molecule has 1 rings (SSSR count). The molecule has 4 nitrogen and oxygen atoms in total. The lowest BCUT2D eigenvalue weighted by molar-refractivity contribution is -0.140. The van der Waals surface area contributed by atoms with Gasteiger partial charge in [0.1, 0.15) is 5.75 Å². The van der Waals surface area contributed by atoms with Crippen LogP contribution in [0.3, 0.4) is 0 Å². The average Bonchev–Trinajstić information content (AvgIpc) is 2.41. The second-order valence-corrected chi connectivity index (χ2v) is 3.96. The number of hydrogen-bond acceptors (Lipinski definition) is 4. The average molecular weight is 251 g/mol. The van der Waals surface area contributed by atoms with Gasteiger partial charge in [-0.25, -0.2) is 0 Å². The normalized spacial score (nSPS) is 11.9. The zero-order chi connectivity index (χ0) is 13.4. The van der Waals surface area contributed by atoms with E-state index in [-0.39, 0.29) is 12.0 Å². The van der Waals surface area contributed by atoms with Gasteiger partial charge in [0.15, 0.2) is 0 Å². The summed E-state index contributed by atoms with van der Waals surface area (Å²) in [5, 5.41) is 3.20. The first-order valence-electron chi connectivity index (χ1n) is 6.18. The minimum absolute atomic E-state index is 0.153. The molecule has 1 aromatic rings. The van der Waals surface area contributed by atoms with Crippen LogP contribution in [0, 0.1) is 0 Å². The fourth-order valence-electron chi connectivity index (χ4n) is 1.80. The predicted octanol–water partition coefficient (Wildman–Crippen LogP) is 2.30. The van der Waals surface area contributed by atoms with Crippen LogP contribution < -0.4 is 10.1 Å². The smallest absolute Gasteiger partial charge is 0.305 e. The Hall–Kier alpha value is -1.55. The molecule has 4 heteroatoms. The molecule has 0 saturated carbocycles. The maximum absolute atomic E-state index is 11.1. The van der Waals surface area contributed by atoms with Gasteiger partial charge in [0.05, 0.1) is 13.7 Å². The summed E-state index contributed by atoms with van der Waals surface area (Å²) in [7, 11) is 3.30. The molecule has 0 radical (unpaired) electrons. The number of esters is 1. The zero-order valence-electron chi connectivity index (χ0n) is 11.2. The fraction of sp³-hybridized carbons (Fsp3) is 0.500. The van der Waals surface area contributed by atoms with Crippen LogP contribution in [0.25, 0.3) is 0 Å². The van der Waals surface area contributed by atoms with Crippen molar-refractivity contribution in [3.8, 4) is 5.75 Å². The summed E-state index contributed by atoms with van der Waals surface area (Å²) in [6.07, 6.45) is 1.13. The van der Waals surface area contributed by atoms with Crippen molar-refractivity contribution in [2.45, 2.75) is 25.8 Å². The van der Waals surface area contributed by atoms with Crippen molar-refractivity contribution >= 4 is 5.97 Å². The maximum atomic E-state index is 11.1. The summed E-state index contributed by atoms with van der Waals surface area (Å²) < 4.78 is 10.0. The van der Waals surface area contributed by atoms with E-state index in [0.717, 1.165) is 17.7 Å². The lowest BCUT2D eigenvalue weighted by Gasteiger charge is -2.16. The second kappa shape index (κ2) is 7.71. The molecule has 100 valence electrons. The number of ether oxygens (including phenoxy) is 2. The highest BCUT2D eigenvalue weighted by molar-refractivity contribution is 5.69.